The molecule has 4 nitrogen and oxygen atoms in total. The highest BCUT2D eigenvalue weighted by Gasteiger charge is 2.10. The van der Waals surface area contributed by atoms with Crippen LogP contribution in [-0.2, 0) is 4.79 Å². The van der Waals surface area contributed by atoms with Gasteiger partial charge in [0.05, 0.1) is 11.9 Å². The van der Waals surface area contributed by atoms with Gasteiger partial charge in [0, 0.05) is 13.1 Å². The van der Waals surface area contributed by atoms with E-state index in [0.717, 1.165) is 11.3 Å². The first-order chi connectivity index (χ1) is 8.87. The van der Waals surface area contributed by atoms with E-state index in [1.165, 1.54) is 6.92 Å². The highest BCUT2D eigenvalue weighted by atomic mass is 28.3. The molecule has 0 unspecified atom stereocenters. The number of carbonyl (C=O) groups excluding carboxylic acids is 1. The Labute approximate surface area is 113 Å². The lowest BCUT2D eigenvalue weighted by atomic mass is 10.4. The fourth-order valence-electron chi connectivity index (χ4n) is 1.64. The molecule has 0 atom stereocenters. The lowest BCUT2D eigenvalue weighted by Gasteiger charge is -2.05. The number of nitrogens with one attached hydrogen (secondary N) is 1. The smallest absolute Gasteiger partial charge is 0.221 e. The molecule has 19 heavy (non-hydrogen) atoms. The van der Waals surface area contributed by atoms with Crippen molar-refractivity contribution in [1.29, 1.82) is 0 Å². The van der Waals surface area contributed by atoms with Gasteiger partial charge in [0.2, 0.25) is 5.91 Å². The van der Waals surface area contributed by atoms with Crippen LogP contribution in [0.1, 0.15) is 12.6 Å². The molecule has 1 amide bonds. The molecule has 0 aliphatic heterocycles. The molecule has 0 spiro atoms. The van der Waals surface area contributed by atoms with Gasteiger partial charge < -0.3 is 5.32 Å². The van der Waals surface area contributed by atoms with Crippen molar-refractivity contribution >= 4 is 25.3 Å². The van der Waals surface area contributed by atoms with Crippen molar-refractivity contribution in [2.75, 3.05) is 5.32 Å². The number of amides is 1. The quantitative estimate of drug-likeness (QED) is 0.640. The Bertz CT molecular complexity index is 686. The average Bonchev–Trinajstić information content (AvgIpc) is 2.69. The average molecular weight is 271 g/mol. The Morgan fingerprint density at radius 2 is 2.16 bits per heavy atom. The number of aromatic nitrogens is 2. The van der Waals surface area contributed by atoms with Crippen LogP contribution < -0.4 is 5.32 Å². The molecule has 5 heteroatoms. The molecule has 98 valence electrons. The van der Waals surface area contributed by atoms with E-state index >= 15 is 0 Å². The van der Waals surface area contributed by atoms with Crippen LogP contribution in [0.25, 0.3) is 5.65 Å². The molecule has 2 heterocycles. The standard InChI is InChI=1S/C14H17N3OSi/c1-11(18)16-13-6-5-8-17-12(10-15-14(13)17)7-9-19(2,3)4/h5-6,8,10H,1-4H3,(H,16,18). The monoisotopic (exact) mass is 271 g/mol. The Hall–Kier alpha value is -2.06. The Balaban J connectivity index is 2.49. The van der Waals surface area contributed by atoms with Crippen LogP contribution in [0.3, 0.4) is 0 Å². The topological polar surface area (TPSA) is 46.4 Å². The van der Waals surface area contributed by atoms with Crippen molar-refractivity contribution in [3.05, 3.63) is 30.2 Å². The first-order valence-electron chi connectivity index (χ1n) is 6.14. The van der Waals surface area contributed by atoms with E-state index < -0.39 is 8.07 Å². The number of pyridine rings is 1. The second kappa shape index (κ2) is 4.90. The molecule has 2 aromatic rings. The predicted molar refractivity (Wildman–Crippen MR) is 79.7 cm³/mol. The number of fused-ring (bicyclic) bond motifs is 1. The van der Waals surface area contributed by atoms with Crippen LogP contribution in [0.4, 0.5) is 5.69 Å². The highest BCUT2D eigenvalue weighted by molar-refractivity contribution is 6.83. The number of imidazole rings is 1. The summed E-state index contributed by atoms with van der Waals surface area (Å²) in [5, 5.41) is 2.77. The van der Waals surface area contributed by atoms with Gasteiger partial charge >= 0.3 is 0 Å². The molecule has 0 aliphatic carbocycles. The van der Waals surface area contributed by atoms with Crippen LogP contribution in [0, 0.1) is 11.5 Å². The molecule has 0 fully saturated rings. The third-order valence-electron chi connectivity index (χ3n) is 2.41. The van der Waals surface area contributed by atoms with Crippen molar-refractivity contribution in [3.63, 3.8) is 0 Å². The third-order valence-corrected chi connectivity index (χ3v) is 3.29. The summed E-state index contributed by atoms with van der Waals surface area (Å²) in [6.07, 6.45) is 3.65. The molecular weight excluding hydrogens is 254 g/mol. The lowest BCUT2D eigenvalue weighted by Crippen LogP contribution is -2.16. The van der Waals surface area contributed by atoms with Gasteiger partial charge in [-0.1, -0.05) is 25.6 Å². The maximum absolute atomic E-state index is 11.2. The van der Waals surface area contributed by atoms with Gasteiger partial charge in [0.1, 0.15) is 13.8 Å². The summed E-state index contributed by atoms with van der Waals surface area (Å²) in [7, 11) is -1.41. The first kappa shape index (κ1) is 13.4. The highest BCUT2D eigenvalue weighted by Crippen LogP contribution is 2.16. The number of hydrogen-bond donors (Lipinski definition) is 1. The zero-order valence-electron chi connectivity index (χ0n) is 11.6. The number of nitrogens with zero attached hydrogens (tertiary/aromatic N) is 2. The van der Waals surface area contributed by atoms with E-state index in [9.17, 15) is 4.79 Å². The molecule has 1 N–H and O–H groups in total. The first-order valence-corrected chi connectivity index (χ1v) is 9.64. The van der Waals surface area contributed by atoms with Crippen molar-refractivity contribution in [1.82, 2.24) is 9.38 Å². The van der Waals surface area contributed by atoms with Crippen LogP contribution >= 0.6 is 0 Å². The number of hydrogen-bond acceptors (Lipinski definition) is 2. The maximum atomic E-state index is 11.2. The zero-order valence-corrected chi connectivity index (χ0v) is 12.6. The Morgan fingerprint density at radius 1 is 1.42 bits per heavy atom. The van der Waals surface area contributed by atoms with E-state index in [4.69, 9.17) is 0 Å². The molecule has 0 saturated carbocycles. The largest absolute Gasteiger partial charge is 0.323 e. The molecule has 0 aliphatic rings. The second-order valence-electron chi connectivity index (χ2n) is 5.44. The second-order valence-corrected chi connectivity index (χ2v) is 10.2. The van der Waals surface area contributed by atoms with Gasteiger partial charge in [0.15, 0.2) is 5.65 Å². The fraction of sp³-hybridized carbons (Fsp3) is 0.286. The van der Waals surface area contributed by atoms with E-state index in [0.29, 0.717) is 5.69 Å². The van der Waals surface area contributed by atoms with Crippen molar-refractivity contribution in [2.45, 2.75) is 26.6 Å². The molecule has 0 radical (unpaired) electrons. The van der Waals surface area contributed by atoms with Gasteiger partial charge in [-0.05, 0) is 12.1 Å². The number of anilines is 1. The van der Waals surface area contributed by atoms with Crippen molar-refractivity contribution < 1.29 is 4.79 Å². The molecule has 2 rings (SSSR count). The van der Waals surface area contributed by atoms with Crippen LogP contribution in [0.15, 0.2) is 24.5 Å². The molecule has 2 aromatic heterocycles. The summed E-state index contributed by atoms with van der Waals surface area (Å²) in [5.74, 6) is 3.08. The normalized spacial score (nSPS) is 10.9. The van der Waals surface area contributed by atoms with Crippen LogP contribution in [-0.4, -0.2) is 23.4 Å². The van der Waals surface area contributed by atoms with E-state index in [1.807, 2.05) is 22.7 Å². The SMILES string of the molecule is CC(=O)Nc1cccn2c(C#C[Si](C)(C)C)cnc12. The Kier molecular flexibility index (Phi) is 3.45. The predicted octanol–water partition coefficient (Wildman–Crippen LogP) is 2.52. The van der Waals surface area contributed by atoms with Crippen LogP contribution in [0.2, 0.25) is 19.6 Å². The van der Waals surface area contributed by atoms with Gasteiger partial charge in [-0.3, -0.25) is 9.20 Å². The molecule has 0 aromatic carbocycles. The van der Waals surface area contributed by atoms with E-state index in [-0.39, 0.29) is 5.91 Å². The minimum atomic E-state index is -1.41. The Morgan fingerprint density at radius 3 is 2.79 bits per heavy atom. The summed E-state index contributed by atoms with van der Waals surface area (Å²) in [5.41, 5.74) is 5.59. The summed E-state index contributed by atoms with van der Waals surface area (Å²) < 4.78 is 1.90. The van der Waals surface area contributed by atoms with Gasteiger partial charge in [-0.2, -0.15) is 0 Å². The van der Waals surface area contributed by atoms with Crippen LogP contribution in [0.5, 0.6) is 0 Å². The third kappa shape index (κ3) is 3.23. The number of rotatable bonds is 1. The van der Waals surface area contributed by atoms with Gasteiger partial charge in [-0.25, -0.2) is 4.98 Å². The fourth-order valence-corrected chi connectivity index (χ4v) is 2.15. The maximum Gasteiger partial charge on any atom is 0.221 e. The summed E-state index contributed by atoms with van der Waals surface area (Å²) in [6.45, 7) is 8.09. The van der Waals surface area contributed by atoms with E-state index in [1.54, 1.807) is 6.20 Å². The molecular formula is C14H17N3OSi. The van der Waals surface area contributed by atoms with Gasteiger partial charge in [-0.15, -0.1) is 5.54 Å². The zero-order chi connectivity index (χ0) is 14.0. The minimum absolute atomic E-state index is 0.106. The summed E-state index contributed by atoms with van der Waals surface area (Å²) >= 11 is 0. The van der Waals surface area contributed by atoms with E-state index in [2.05, 4.69) is 41.4 Å². The van der Waals surface area contributed by atoms with Crippen molar-refractivity contribution in [2.24, 2.45) is 0 Å². The van der Waals surface area contributed by atoms with Crippen molar-refractivity contribution in [3.8, 4) is 11.5 Å². The molecule has 0 bridgehead atoms. The minimum Gasteiger partial charge on any atom is -0.323 e. The summed E-state index contributed by atoms with van der Waals surface area (Å²) in [4.78, 5) is 15.5. The number of carbonyl (C=O) groups is 1. The summed E-state index contributed by atoms with van der Waals surface area (Å²) in [6, 6.07) is 3.71. The van der Waals surface area contributed by atoms with Gasteiger partial charge in [0.25, 0.3) is 0 Å². The molecule has 0 saturated heterocycles. The lowest BCUT2D eigenvalue weighted by molar-refractivity contribution is -0.114.